The average Bonchev–Trinajstić information content (AvgIpc) is 2.34. The molecule has 0 unspecified atom stereocenters. The van der Waals surface area contributed by atoms with E-state index in [-0.39, 0.29) is 0 Å². The fraction of sp³-hybridized carbons (Fsp3) is 0.400. The Morgan fingerprint density at radius 2 is 1.67 bits per heavy atom. The van der Waals surface area contributed by atoms with E-state index in [1.54, 1.807) is 19.1 Å². The molecule has 1 rings (SSSR count). The lowest BCUT2D eigenvalue weighted by Gasteiger charge is -2.27. The lowest BCUT2D eigenvalue weighted by atomic mass is 10.1. The molecule has 114 valence electrons. The summed E-state index contributed by atoms with van der Waals surface area (Å²) >= 11 is 0. The van der Waals surface area contributed by atoms with Crippen molar-refractivity contribution in [3.8, 4) is 6.07 Å². The number of rotatable bonds is 4. The van der Waals surface area contributed by atoms with Crippen LogP contribution in [0.1, 0.15) is 18.1 Å². The molecule has 0 aromatic heterocycles. The van der Waals surface area contributed by atoms with Crippen LogP contribution in [0.3, 0.4) is 0 Å². The van der Waals surface area contributed by atoms with Gasteiger partial charge >= 0.3 is 6.18 Å². The minimum absolute atomic E-state index is 0.587. The second kappa shape index (κ2) is 6.04. The van der Waals surface area contributed by atoms with Gasteiger partial charge < -0.3 is 4.43 Å². The largest absolute Gasteiger partial charge is 0.416 e. The van der Waals surface area contributed by atoms with Crippen molar-refractivity contribution in [3.63, 3.8) is 0 Å². The Bertz CT molecular complexity index is 552. The van der Waals surface area contributed by atoms with Gasteiger partial charge in [0.05, 0.1) is 5.56 Å². The maximum atomic E-state index is 12.5. The molecule has 6 heteroatoms. The summed E-state index contributed by atoms with van der Waals surface area (Å²) in [6.45, 7) is 7.55. The SMILES string of the molecule is C[C@@](C#N)(/C=C/c1ccc(C(F)(F)F)cc1)O[Si](C)(C)C. The quantitative estimate of drug-likeness (QED) is 0.744. The lowest BCUT2D eigenvalue weighted by molar-refractivity contribution is -0.137. The average molecular weight is 313 g/mol. The maximum Gasteiger partial charge on any atom is 0.416 e. The highest BCUT2D eigenvalue weighted by Gasteiger charge is 2.30. The molecule has 1 atom stereocenters. The van der Waals surface area contributed by atoms with Gasteiger partial charge in [-0.05, 0) is 50.3 Å². The van der Waals surface area contributed by atoms with Gasteiger partial charge in [-0.3, -0.25) is 0 Å². The first-order chi connectivity index (χ1) is 9.45. The molecular formula is C15H18F3NOSi. The van der Waals surface area contributed by atoms with E-state index < -0.39 is 25.7 Å². The molecular weight excluding hydrogens is 295 g/mol. The van der Waals surface area contributed by atoms with E-state index in [4.69, 9.17) is 4.43 Å². The minimum atomic E-state index is -4.34. The number of nitriles is 1. The molecule has 0 saturated carbocycles. The molecule has 2 nitrogen and oxygen atoms in total. The summed E-state index contributed by atoms with van der Waals surface area (Å²) in [5.74, 6) is 0. The van der Waals surface area contributed by atoms with Crippen molar-refractivity contribution in [2.75, 3.05) is 0 Å². The van der Waals surface area contributed by atoms with Gasteiger partial charge in [0.1, 0.15) is 6.07 Å². The van der Waals surface area contributed by atoms with E-state index in [1.165, 1.54) is 12.1 Å². The third kappa shape index (κ3) is 5.74. The molecule has 0 saturated heterocycles. The van der Waals surface area contributed by atoms with Crippen molar-refractivity contribution < 1.29 is 17.6 Å². The summed E-state index contributed by atoms with van der Waals surface area (Å²) in [7, 11) is -1.91. The third-order valence-corrected chi connectivity index (χ3v) is 3.61. The van der Waals surface area contributed by atoms with Crippen LogP contribution < -0.4 is 0 Å². The van der Waals surface area contributed by atoms with Crippen LogP contribution in [0, 0.1) is 11.3 Å². The molecule has 1 aromatic rings. The highest BCUT2D eigenvalue weighted by atomic mass is 28.4. The van der Waals surface area contributed by atoms with Crippen LogP contribution in [-0.2, 0) is 10.6 Å². The number of benzene rings is 1. The van der Waals surface area contributed by atoms with Crippen LogP contribution in [-0.4, -0.2) is 13.9 Å². The fourth-order valence-corrected chi connectivity index (χ4v) is 3.15. The molecule has 0 aliphatic heterocycles. The summed E-state index contributed by atoms with van der Waals surface area (Å²) in [5, 5.41) is 9.22. The second-order valence-corrected chi connectivity index (χ2v) is 10.3. The zero-order chi connectivity index (χ0) is 16.3. The summed E-state index contributed by atoms with van der Waals surface area (Å²) in [5.41, 5.74) is -1.18. The van der Waals surface area contributed by atoms with Crippen LogP contribution in [0.4, 0.5) is 13.2 Å². The number of halogens is 3. The number of nitrogens with zero attached hydrogens (tertiary/aromatic N) is 1. The zero-order valence-corrected chi connectivity index (χ0v) is 13.5. The van der Waals surface area contributed by atoms with Gasteiger partial charge in [-0.1, -0.05) is 18.2 Å². The molecule has 0 aliphatic rings. The number of hydrogen-bond donors (Lipinski definition) is 0. The topological polar surface area (TPSA) is 33.0 Å². The van der Waals surface area contributed by atoms with E-state index >= 15 is 0 Å². The highest BCUT2D eigenvalue weighted by molar-refractivity contribution is 6.69. The molecule has 0 N–H and O–H groups in total. The first-order valence-electron chi connectivity index (χ1n) is 6.43. The van der Waals surface area contributed by atoms with Crippen molar-refractivity contribution in [2.45, 2.75) is 38.3 Å². The van der Waals surface area contributed by atoms with Gasteiger partial charge in [-0.15, -0.1) is 0 Å². The maximum absolute atomic E-state index is 12.5. The summed E-state index contributed by atoms with van der Waals surface area (Å²) < 4.78 is 43.2. The lowest BCUT2D eigenvalue weighted by Crippen LogP contribution is -2.38. The molecule has 0 aliphatic carbocycles. The number of alkyl halides is 3. The van der Waals surface area contributed by atoms with E-state index in [2.05, 4.69) is 6.07 Å². The van der Waals surface area contributed by atoms with Crippen molar-refractivity contribution in [1.82, 2.24) is 0 Å². The van der Waals surface area contributed by atoms with Gasteiger partial charge in [0.25, 0.3) is 0 Å². The molecule has 0 heterocycles. The van der Waals surface area contributed by atoms with Crippen molar-refractivity contribution >= 4 is 14.4 Å². The zero-order valence-electron chi connectivity index (χ0n) is 12.5. The molecule has 21 heavy (non-hydrogen) atoms. The molecule has 0 bridgehead atoms. The van der Waals surface area contributed by atoms with Crippen molar-refractivity contribution in [3.05, 3.63) is 41.5 Å². The van der Waals surface area contributed by atoms with Gasteiger partial charge in [0, 0.05) is 0 Å². The first-order valence-corrected chi connectivity index (χ1v) is 9.84. The Balaban J connectivity index is 2.91. The summed E-state index contributed by atoms with van der Waals surface area (Å²) in [6, 6.07) is 6.85. The van der Waals surface area contributed by atoms with Gasteiger partial charge in [-0.2, -0.15) is 18.4 Å². The van der Waals surface area contributed by atoms with E-state index in [0.717, 1.165) is 12.1 Å². The van der Waals surface area contributed by atoms with Gasteiger partial charge in [0.2, 0.25) is 0 Å². The molecule has 0 radical (unpaired) electrons. The van der Waals surface area contributed by atoms with Crippen molar-refractivity contribution in [1.29, 1.82) is 5.26 Å². The van der Waals surface area contributed by atoms with Crippen LogP contribution in [0.25, 0.3) is 6.08 Å². The van der Waals surface area contributed by atoms with Crippen molar-refractivity contribution in [2.24, 2.45) is 0 Å². The Kier molecular flexibility index (Phi) is 5.02. The normalized spacial score (nSPS) is 15.7. The predicted molar refractivity (Wildman–Crippen MR) is 78.9 cm³/mol. The van der Waals surface area contributed by atoms with Gasteiger partial charge in [0.15, 0.2) is 13.9 Å². The second-order valence-electron chi connectivity index (χ2n) is 5.89. The van der Waals surface area contributed by atoms with Gasteiger partial charge in [-0.25, -0.2) is 0 Å². The smallest absolute Gasteiger partial charge is 0.397 e. The van der Waals surface area contributed by atoms with Crippen LogP contribution in [0.15, 0.2) is 30.3 Å². The van der Waals surface area contributed by atoms with Crippen LogP contribution in [0.2, 0.25) is 19.6 Å². The fourth-order valence-electron chi connectivity index (χ4n) is 1.77. The third-order valence-electron chi connectivity index (χ3n) is 2.57. The molecule has 0 amide bonds. The Morgan fingerprint density at radius 3 is 2.05 bits per heavy atom. The van der Waals surface area contributed by atoms with Crippen LogP contribution in [0.5, 0.6) is 0 Å². The molecule has 0 spiro atoms. The molecule has 1 aromatic carbocycles. The van der Waals surface area contributed by atoms with E-state index in [9.17, 15) is 18.4 Å². The standard InChI is InChI=1S/C15H18F3NOSi/c1-14(11-19,20-21(2,3)4)10-9-12-5-7-13(8-6-12)15(16,17)18/h5-10H,1-4H3/b10-9+/t14-/m0/s1. The van der Waals surface area contributed by atoms with E-state index in [0.29, 0.717) is 5.56 Å². The predicted octanol–water partition coefficient (Wildman–Crippen LogP) is 4.85. The monoisotopic (exact) mass is 313 g/mol. The Labute approximate surface area is 124 Å². The van der Waals surface area contributed by atoms with Crippen LogP contribution >= 0.6 is 0 Å². The number of hydrogen-bond acceptors (Lipinski definition) is 2. The first kappa shape index (κ1) is 17.5. The molecule has 0 fully saturated rings. The summed E-state index contributed by atoms with van der Waals surface area (Å²) in [4.78, 5) is 0. The Morgan fingerprint density at radius 1 is 1.14 bits per heavy atom. The Hall–Kier alpha value is -1.58. The minimum Gasteiger partial charge on any atom is -0.397 e. The summed E-state index contributed by atoms with van der Waals surface area (Å²) in [6.07, 6.45) is -1.16. The van der Waals surface area contributed by atoms with E-state index in [1.807, 2.05) is 19.6 Å². The highest BCUT2D eigenvalue weighted by Crippen LogP contribution is 2.29.